The summed E-state index contributed by atoms with van der Waals surface area (Å²) in [6.45, 7) is 4.52. The van der Waals surface area contributed by atoms with Gasteiger partial charge in [-0.25, -0.2) is 13.1 Å². The third kappa shape index (κ3) is 5.56. The van der Waals surface area contributed by atoms with Crippen LogP contribution in [0.5, 0.6) is 0 Å². The fourth-order valence-corrected chi connectivity index (χ4v) is 3.48. The van der Waals surface area contributed by atoms with Crippen molar-refractivity contribution >= 4 is 21.6 Å². The van der Waals surface area contributed by atoms with Gasteiger partial charge in [-0.05, 0) is 29.5 Å². The van der Waals surface area contributed by atoms with Gasteiger partial charge in [0.25, 0.3) is 0 Å². The first-order valence-electron chi connectivity index (χ1n) is 6.60. The average molecular weight is 336 g/mol. The van der Waals surface area contributed by atoms with E-state index in [0.29, 0.717) is 12.2 Å². The Morgan fingerprint density at radius 3 is 2.62 bits per heavy atom. The van der Waals surface area contributed by atoms with Crippen molar-refractivity contribution in [2.75, 3.05) is 20.3 Å². The standard InChI is InChI=1S/C14H22ClNO4S/c1-14(2,6-7-20-3)10-16-21(18,19)13-8-11(9-17)4-5-12(13)15/h4-5,8,16-17H,6-7,9-10H2,1-3H3. The first-order chi connectivity index (χ1) is 9.72. The van der Waals surface area contributed by atoms with Crippen LogP contribution in [-0.4, -0.2) is 33.8 Å². The van der Waals surface area contributed by atoms with Gasteiger partial charge in [0.15, 0.2) is 0 Å². The molecule has 0 heterocycles. The minimum Gasteiger partial charge on any atom is -0.392 e. The molecule has 21 heavy (non-hydrogen) atoms. The van der Waals surface area contributed by atoms with E-state index >= 15 is 0 Å². The van der Waals surface area contributed by atoms with Crippen LogP contribution in [0, 0.1) is 5.41 Å². The Bertz CT molecular complexity index is 572. The van der Waals surface area contributed by atoms with E-state index < -0.39 is 10.0 Å². The molecule has 0 aliphatic carbocycles. The van der Waals surface area contributed by atoms with Crippen molar-refractivity contribution in [3.63, 3.8) is 0 Å². The maximum absolute atomic E-state index is 12.3. The van der Waals surface area contributed by atoms with Crippen LogP contribution in [0.2, 0.25) is 5.02 Å². The van der Waals surface area contributed by atoms with Gasteiger partial charge in [0.1, 0.15) is 4.90 Å². The lowest BCUT2D eigenvalue weighted by Crippen LogP contribution is -2.34. The van der Waals surface area contributed by atoms with E-state index in [9.17, 15) is 8.42 Å². The molecule has 120 valence electrons. The molecular formula is C14H22ClNO4S. The summed E-state index contributed by atoms with van der Waals surface area (Å²) in [5, 5.41) is 9.24. The normalized spacial score (nSPS) is 12.6. The van der Waals surface area contributed by atoms with Gasteiger partial charge in [0.05, 0.1) is 11.6 Å². The molecule has 1 aromatic carbocycles. The van der Waals surface area contributed by atoms with Crippen molar-refractivity contribution < 1.29 is 18.3 Å². The quantitative estimate of drug-likeness (QED) is 0.763. The van der Waals surface area contributed by atoms with Gasteiger partial charge in [-0.1, -0.05) is 31.5 Å². The van der Waals surface area contributed by atoms with E-state index in [2.05, 4.69) is 4.72 Å². The zero-order valence-electron chi connectivity index (χ0n) is 12.5. The molecule has 2 N–H and O–H groups in total. The molecule has 1 aromatic rings. The van der Waals surface area contributed by atoms with E-state index in [0.717, 1.165) is 6.42 Å². The Kier molecular flexibility index (Phi) is 6.62. The molecular weight excluding hydrogens is 314 g/mol. The summed E-state index contributed by atoms with van der Waals surface area (Å²) >= 11 is 5.95. The zero-order valence-corrected chi connectivity index (χ0v) is 14.1. The number of aliphatic hydroxyl groups excluding tert-OH is 1. The fraction of sp³-hybridized carbons (Fsp3) is 0.571. The molecule has 0 atom stereocenters. The number of hydrogen-bond acceptors (Lipinski definition) is 4. The van der Waals surface area contributed by atoms with Crippen LogP contribution in [0.25, 0.3) is 0 Å². The highest BCUT2D eigenvalue weighted by molar-refractivity contribution is 7.89. The summed E-state index contributed by atoms with van der Waals surface area (Å²) in [6.07, 6.45) is 0.733. The van der Waals surface area contributed by atoms with Crippen molar-refractivity contribution in [2.24, 2.45) is 5.41 Å². The smallest absolute Gasteiger partial charge is 0.242 e. The predicted molar refractivity (Wildman–Crippen MR) is 82.8 cm³/mol. The van der Waals surface area contributed by atoms with Crippen LogP contribution in [0.1, 0.15) is 25.8 Å². The first kappa shape index (κ1) is 18.4. The molecule has 1 rings (SSSR count). The lowest BCUT2D eigenvalue weighted by atomic mass is 9.90. The lowest BCUT2D eigenvalue weighted by Gasteiger charge is -2.24. The molecule has 0 bridgehead atoms. The van der Waals surface area contributed by atoms with E-state index in [4.69, 9.17) is 21.4 Å². The van der Waals surface area contributed by atoms with Gasteiger partial charge in [-0.15, -0.1) is 0 Å². The Labute approximate surface area is 131 Å². The molecule has 0 aliphatic rings. The molecule has 0 amide bonds. The predicted octanol–water partition coefficient (Wildman–Crippen LogP) is 2.17. The van der Waals surface area contributed by atoms with Gasteiger partial charge < -0.3 is 9.84 Å². The summed E-state index contributed by atoms with van der Waals surface area (Å²) < 4.78 is 32.3. The molecule has 0 fully saturated rings. The Morgan fingerprint density at radius 1 is 1.38 bits per heavy atom. The van der Waals surface area contributed by atoms with Crippen molar-refractivity contribution in [2.45, 2.75) is 31.8 Å². The number of rotatable bonds is 8. The Hall–Kier alpha value is -0.660. The maximum atomic E-state index is 12.3. The average Bonchev–Trinajstić information content (AvgIpc) is 2.44. The number of nitrogens with one attached hydrogen (secondary N) is 1. The van der Waals surface area contributed by atoms with Crippen LogP contribution in [0.15, 0.2) is 23.1 Å². The molecule has 7 heteroatoms. The Morgan fingerprint density at radius 2 is 2.05 bits per heavy atom. The molecule has 5 nitrogen and oxygen atoms in total. The molecule has 0 radical (unpaired) electrons. The minimum absolute atomic E-state index is 0.0155. The van der Waals surface area contributed by atoms with Crippen molar-refractivity contribution in [1.82, 2.24) is 4.72 Å². The van der Waals surface area contributed by atoms with Crippen LogP contribution < -0.4 is 4.72 Å². The summed E-state index contributed by atoms with van der Waals surface area (Å²) in [6, 6.07) is 4.44. The largest absolute Gasteiger partial charge is 0.392 e. The number of hydrogen-bond donors (Lipinski definition) is 2. The molecule has 0 aromatic heterocycles. The summed E-state index contributed by atoms with van der Waals surface area (Å²) in [7, 11) is -2.10. The van der Waals surface area contributed by atoms with E-state index in [1.54, 1.807) is 13.2 Å². The molecule has 0 aliphatic heterocycles. The van der Waals surface area contributed by atoms with Gasteiger partial charge in [-0.3, -0.25) is 0 Å². The van der Waals surface area contributed by atoms with Crippen molar-refractivity contribution in [1.29, 1.82) is 0 Å². The van der Waals surface area contributed by atoms with Crippen LogP contribution in [-0.2, 0) is 21.4 Å². The number of benzene rings is 1. The number of sulfonamides is 1. The highest BCUT2D eigenvalue weighted by Crippen LogP contribution is 2.24. The number of aliphatic hydroxyl groups is 1. The summed E-state index contributed by atoms with van der Waals surface area (Å²) in [5.41, 5.74) is 0.267. The number of methoxy groups -OCH3 is 1. The van der Waals surface area contributed by atoms with Gasteiger partial charge in [-0.2, -0.15) is 0 Å². The van der Waals surface area contributed by atoms with Gasteiger partial charge in [0.2, 0.25) is 10.0 Å². The summed E-state index contributed by atoms with van der Waals surface area (Å²) in [5.74, 6) is 0. The van der Waals surface area contributed by atoms with E-state index in [1.807, 2.05) is 13.8 Å². The van der Waals surface area contributed by atoms with Crippen LogP contribution >= 0.6 is 11.6 Å². The minimum atomic E-state index is -3.72. The van der Waals surface area contributed by atoms with Crippen molar-refractivity contribution in [3.8, 4) is 0 Å². The molecule has 0 spiro atoms. The molecule has 0 saturated carbocycles. The van der Waals surface area contributed by atoms with Gasteiger partial charge >= 0.3 is 0 Å². The topological polar surface area (TPSA) is 75.6 Å². The first-order valence-corrected chi connectivity index (χ1v) is 8.46. The highest BCUT2D eigenvalue weighted by Gasteiger charge is 2.24. The fourth-order valence-electron chi connectivity index (χ4n) is 1.69. The monoisotopic (exact) mass is 335 g/mol. The highest BCUT2D eigenvalue weighted by atomic mass is 35.5. The van der Waals surface area contributed by atoms with Gasteiger partial charge in [0, 0.05) is 20.3 Å². The third-order valence-corrected chi connectivity index (χ3v) is 5.07. The molecule has 0 saturated heterocycles. The third-order valence-electron chi connectivity index (χ3n) is 3.19. The van der Waals surface area contributed by atoms with Crippen LogP contribution in [0.3, 0.4) is 0 Å². The summed E-state index contributed by atoms with van der Waals surface area (Å²) in [4.78, 5) is -0.0155. The van der Waals surface area contributed by atoms with E-state index in [1.165, 1.54) is 12.1 Å². The second kappa shape index (κ2) is 7.56. The Balaban J connectivity index is 2.87. The molecule has 0 unspecified atom stereocenters. The van der Waals surface area contributed by atoms with Crippen LogP contribution in [0.4, 0.5) is 0 Å². The van der Waals surface area contributed by atoms with E-state index in [-0.39, 0.29) is 28.5 Å². The van der Waals surface area contributed by atoms with Crippen molar-refractivity contribution in [3.05, 3.63) is 28.8 Å². The number of ether oxygens (including phenoxy) is 1. The number of halogens is 1. The zero-order chi connectivity index (χ0) is 16.1. The second-order valence-electron chi connectivity index (χ2n) is 5.65. The maximum Gasteiger partial charge on any atom is 0.242 e. The SMILES string of the molecule is COCCC(C)(C)CNS(=O)(=O)c1cc(CO)ccc1Cl. The second-order valence-corrected chi connectivity index (χ2v) is 7.80. The lowest BCUT2D eigenvalue weighted by molar-refractivity contribution is 0.153.